The fraction of sp³-hybridized carbons (Fsp3) is 0.296. The van der Waals surface area contributed by atoms with Crippen molar-refractivity contribution in [2.24, 2.45) is 0 Å². The molecule has 2 fully saturated rings. The van der Waals surface area contributed by atoms with E-state index in [2.05, 4.69) is 159 Å². The SMILES string of the molecule is CC1(C)c2ccccc2-c2c(-c3c4ccc(N5CCCCC5)cc4c(-c4cccc5c4-c4ccccc4C5(C)C)c4ccc(N5CCCCC5)cc34)cccc21. The molecule has 0 aromatic heterocycles. The second-order valence-corrected chi connectivity index (χ2v) is 18.1. The lowest BCUT2D eigenvalue weighted by atomic mass is 9.79. The van der Waals surface area contributed by atoms with Gasteiger partial charge in [0.2, 0.25) is 0 Å². The molecular formula is C54H52N2. The number of hydrogen-bond donors (Lipinski definition) is 0. The van der Waals surface area contributed by atoms with Gasteiger partial charge in [-0.2, -0.15) is 0 Å². The first kappa shape index (κ1) is 34.0. The van der Waals surface area contributed by atoms with Crippen LogP contribution in [0.25, 0.3) is 66.1 Å². The van der Waals surface area contributed by atoms with E-state index in [1.165, 1.54) is 138 Å². The average Bonchev–Trinajstić information content (AvgIpc) is 3.63. The van der Waals surface area contributed by atoms with Gasteiger partial charge in [-0.25, -0.2) is 0 Å². The number of rotatable bonds is 4. The summed E-state index contributed by atoms with van der Waals surface area (Å²) < 4.78 is 0. The summed E-state index contributed by atoms with van der Waals surface area (Å²) in [5.74, 6) is 0. The third-order valence-electron chi connectivity index (χ3n) is 14.3. The van der Waals surface area contributed by atoms with Gasteiger partial charge in [0.1, 0.15) is 0 Å². The van der Waals surface area contributed by atoms with Crippen molar-refractivity contribution in [1.29, 1.82) is 0 Å². The van der Waals surface area contributed by atoms with E-state index in [9.17, 15) is 0 Å². The van der Waals surface area contributed by atoms with Crippen LogP contribution in [0.5, 0.6) is 0 Å². The predicted molar refractivity (Wildman–Crippen MR) is 240 cm³/mol. The number of benzene rings is 7. The van der Waals surface area contributed by atoms with Gasteiger partial charge >= 0.3 is 0 Å². The number of nitrogens with zero attached hydrogens (tertiary/aromatic N) is 2. The van der Waals surface area contributed by atoms with Crippen LogP contribution in [0.2, 0.25) is 0 Å². The van der Waals surface area contributed by atoms with Crippen molar-refractivity contribution in [3.05, 3.63) is 144 Å². The summed E-state index contributed by atoms with van der Waals surface area (Å²) in [6.07, 6.45) is 7.69. The summed E-state index contributed by atoms with van der Waals surface area (Å²) in [6, 6.07) is 47.6. The van der Waals surface area contributed by atoms with Gasteiger partial charge in [-0.15, -0.1) is 0 Å². The fourth-order valence-electron chi connectivity index (χ4n) is 11.4. The van der Waals surface area contributed by atoms with Gasteiger partial charge in [-0.05, 0) is 151 Å². The fourth-order valence-corrected chi connectivity index (χ4v) is 11.4. The molecule has 2 nitrogen and oxygen atoms in total. The molecule has 2 aliphatic heterocycles. The molecule has 278 valence electrons. The highest BCUT2D eigenvalue weighted by atomic mass is 15.1. The monoisotopic (exact) mass is 728 g/mol. The Hall–Kier alpha value is -5.34. The second-order valence-electron chi connectivity index (χ2n) is 18.1. The molecule has 0 bridgehead atoms. The van der Waals surface area contributed by atoms with Crippen molar-refractivity contribution < 1.29 is 0 Å². The molecular weight excluding hydrogens is 677 g/mol. The number of anilines is 2. The van der Waals surface area contributed by atoms with Gasteiger partial charge in [0.25, 0.3) is 0 Å². The average molecular weight is 729 g/mol. The Labute approximate surface area is 332 Å². The lowest BCUT2D eigenvalue weighted by Gasteiger charge is -2.31. The smallest absolute Gasteiger partial charge is 0.0372 e. The first-order chi connectivity index (χ1) is 27.3. The van der Waals surface area contributed by atoms with Gasteiger partial charge in [-0.3, -0.25) is 0 Å². The molecule has 0 saturated carbocycles. The van der Waals surface area contributed by atoms with E-state index in [0.29, 0.717) is 0 Å². The van der Waals surface area contributed by atoms with Crippen LogP contribution < -0.4 is 9.80 Å². The summed E-state index contributed by atoms with van der Waals surface area (Å²) in [7, 11) is 0. The molecule has 2 heterocycles. The van der Waals surface area contributed by atoms with Gasteiger partial charge in [0.05, 0.1) is 0 Å². The lowest BCUT2D eigenvalue weighted by Crippen LogP contribution is -2.29. The summed E-state index contributed by atoms with van der Waals surface area (Å²) in [5.41, 5.74) is 19.3. The zero-order valence-electron chi connectivity index (χ0n) is 33.5. The summed E-state index contributed by atoms with van der Waals surface area (Å²) in [5, 5.41) is 5.42. The van der Waals surface area contributed by atoms with Crippen LogP contribution in [0.3, 0.4) is 0 Å². The maximum Gasteiger partial charge on any atom is 0.0372 e. The van der Waals surface area contributed by atoms with Crippen LogP contribution in [-0.2, 0) is 10.8 Å². The summed E-state index contributed by atoms with van der Waals surface area (Å²) >= 11 is 0. The van der Waals surface area contributed by atoms with Crippen LogP contribution in [0.1, 0.15) is 88.5 Å². The molecule has 2 aliphatic carbocycles. The van der Waals surface area contributed by atoms with Crippen molar-refractivity contribution >= 4 is 32.9 Å². The highest BCUT2D eigenvalue weighted by molar-refractivity contribution is 6.25. The molecule has 2 heteroatoms. The first-order valence-corrected chi connectivity index (χ1v) is 21.3. The maximum absolute atomic E-state index is 2.64. The van der Waals surface area contributed by atoms with Crippen LogP contribution >= 0.6 is 0 Å². The molecule has 4 aliphatic rings. The summed E-state index contributed by atoms with van der Waals surface area (Å²) in [6.45, 7) is 14.2. The molecule has 2 saturated heterocycles. The highest BCUT2D eigenvalue weighted by Crippen LogP contribution is 2.57. The van der Waals surface area contributed by atoms with Crippen molar-refractivity contribution in [1.82, 2.24) is 0 Å². The number of piperidine rings is 2. The van der Waals surface area contributed by atoms with Gasteiger partial charge in [0.15, 0.2) is 0 Å². The Morgan fingerprint density at radius 1 is 0.339 bits per heavy atom. The summed E-state index contributed by atoms with van der Waals surface area (Å²) in [4.78, 5) is 5.28. The number of hydrogen-bond acceptors (Lipinski definition) is 2. The Bertz CT molecular complexity index is 2530. The molecule has 11 rings (SSSR count). The molecule has 0 N–H and O–H groups in total. The minimum absolute atomic E-state index is 0.0708. The van der Waals surface area contributed by atoms with E-state index < -0.39 is 0 Å². The van der Waals surface area contributed by atoms with E-state index >= 15 is 0 Å². The normalized spacial score (nSPS) is 17.9. The molecule has 56 heavy (non-hydrogen) atoms. The van der Waals surface area contributed by atoms with E-state index in [4.69, 9.17) is 0 Å². The van der Waals surface area contributed by atoms with E-state index in [1.54, 1.807) is 0 Å². The Morgan fingerprint density at radius 3 is 1.14 bits per heavy atom. The third kappa shape index (κ3) is 4.87. The largest absolute Gasteiger partial charge is 0.372 e. The Kier molecular flexibility index (Phi) is 7.63. The minimum Gasteiger partial charge on any atom is -0.372 e. The Morgan fingerprint density at radius 2 is 0.714 bits per heavy atom. The highest BCUT2D eigenvalue weighted by Gasteiger charge is 2.39. The molecule has 0 amide bonds. The zero-order chi connectivity index (χ0) is 37.8. The van der Waals surface area contributed by atoms with Gasteiger partial charge in [-0.1, -0.05) is 125 Å². The first-order valence-electron chi connectivity index (χ1n) is 21.3. The van der Waals surface area contributed by atoms with Crippen molar-refractivity contribution in [2.75, 3.05) is 36.0 Å². The van der Waals surface area contributed by atoms with Gasteiger partial charge < -0.3 is 9.80 Å². The number of fused-ring (bicyclic) bond motifs is 8. The lowest BCUT2D eigenvalue weighted by molar-refractivity contribution is 0.578. The van der Waals surface area contributed by atoms with Crippen molar-refractivity contribution in [3.8, 4) is 44.5 Å². The van der Waals surface area contributed by atoms with Crippen LogP contribution in [-0.4, -0.2) is 26.2 Å². The second kappa shape index (κ2) is 12.6. The zero-order valence-corrected chi connectivity index (χ0v) is 33.5. The Balaban J connectivity index is 1.29. The van der Waals surface area contributed by atoms with E-state index in [1.807, 2.05) is 0 Å². The molecule has 0 radical (unpaired) electrons. The minimum atomic E-state index is -0.0708. The standard InChI is InChI=1S/C54H52N2/c1-53(2)45-21-9-7-17-39(45)51-41(19-15-23-47(51)53)49-37-27-25-36(56-31-13-6-14-32-56)34-44(37)50(38-28-26-35(33-43(38)49)55-29-11-5-12-30-55)42-20-16-24-48-52(42)40-18-8-10-22-46(40)54(48,3)4/h7-10,15-28,33-34H,5-6,11-14,29-32H2,1-4H3. The molecule has 0 unspecified atom stereocenters. The predicted octanol–water partition coefficient (Wildman–Crippen LogP) is 13.9. The van der Waals surface area contributed by atoms with Gasteiger partial charge in [0, 0.05) is 48.4 Å². The molecule has 7 aromatic carbocycles. The molecule has 7 aromatic rings. The van der Waals surface area contributed by atoms with Crippen LogP contribution in [0.15, 0.2) is 121 Å². The van der Waals surface area contributed by atoms with E-state index in [0.717, 1.165) is 26.2 Å². The van der Waals surface area contributed by atoms with Crippen molar-refractivity contribution in [2.45, 2.75) is 77.0 Å². The topological polar surface area (TPSA) is 6.48 Å². The van der Waals surface area contributed by atoms with E-state index in [-0.39, 0.29) is 10.8 Å². The molecule has 0 atom stereocenters. The molecule has 0 spiro atoms. The quantitative estimate of drug-likeness (QED) is 0.167. The third-order valence-corrected chi connectivity index (χ3v) is 14.3. The van der Waals surface area contributed by atoms with Crippen molar-refractivity contribution in [3.63, 3.8) is 0 Å². The van der Waals surface area contributed by atoms with Crippen LogP contribution in [0.4, 0.5) is 11.4 Å². The van der Waals surface area contributed by atoms with Crippen LogP contribution in [0, 0.1) is 0 Å². The maximum atomic E-state index is 2.64.